The Morgan fingerprint density at radius 3 is 2.36 bits per heavy atom. The normalized spacial score (nSPS) is 10.3. The Hall–Kier alpha value is -0.820. The van der Waals surface area contributed by atoms with Crippen LogP contribution in [0.1, 0.15) is 0 Å². The minimum atomic E-state index is 1.14. The predicted molar refractivity (Wildman–Crippen MR) is 51.6 cm³/mol. The lowest BCUT2D eigenvalue weighted by Gasteiger charge is -1.95. The van der Waals surface area contributed by atoms with Gasteiger partial charge >= 0.3 is 0 Å². The number of hydrogen-bond acceptors (Lipinski definition) is 0. The maximum absolute atomic E-state index is 3.43. The van der Waals surface area contributed by atoms with E-state index in [-0.39, 0.29) is 0 Å². The van der Waals surface area contributed by atoms with E-state index >= 15 is 0 Å². The van der Waals surface area contributed by atoms with Crippen LogP contribution in [-0.4, -0.2) is 0 Å². The van der Waals surface area contributed by atoms with Crippen molar-refractivity contribution in [3.8, 4) is 0 Å². The molecule has 0 aliphatic rings. The van der Waals surface area contributed by atoms with E-state index in [1.807, 2.05) is 0 Å². The zero-order valence-corrected chi connectivity index (χ0v) is 7.51. The molecule has 2 rings (SSSR count). The zero-order chi connectivity index (χ0) is 7.68. The summed E-state index contributed by atoms with van der Waals surface area (Å²) in [7, 11) is 0. The fraction of sp³-hybridized carbons (Fsp3) is 0. The molecule has 0 N–H and O–H groups in total. The summed E-state index contributed by atoms with van der Waals surface area (Å²) >= 11 is 3.43. The molecule has 0 aliphatic heterocycles. The van der Waals surface area contributed by atoms with Gasteiger partial charge in [0.1, 0.15) is 0 Å². The summed E-state index contributed by atoms with van der Waals surface area (Å²) in [6.45, 7) is 0. The SMILES string of the molecule is Br[13c]1[13cH][13cH][13c]2cccc[13c]2[13cH]1. The summed E-state index contributed by atoms with van der Waals surface area (Å²) in [5.41, 5.74) is 0. The number of halogens is 1. The van der Waals surface area contributed by atoms with Gasteiger partial charge < -0.3 is 0 Å². The van der Waals surface area contributed by atoms with E-state index in [0.717, 1.165) is 4.47 Å². The summed E-state index contributed by atoms with van der Waals surface area (Å²) in [6.07, 6.45) is 0. The molecule has 0 heterocycles. The minimum Gasteiger partial charge on any atom is -0.0616 e. The molecule has 0 aromatic heterocycles. The molecule has 2 aromatic carbocycles. The van der Waals surface area contributed by atoms with E-state index in [2.05, 4.69) is 58.4 Å². The molecule has 0 saturated carbocycles. The molecule has 0 nitrogen and oxygen atoms in total. The molecule has 2 aromatic rings. The van der Waals surface area contributed by atoms with Crippen molar-refractivity contribution in [2.45, 2.75) is 0 Å². The number of hydrogen-bond donors (Lipinski definition) is 0. The van der Waals surface area contributed by atoms with Gasteiger partial charge in [-0.05, 0) is 22.9 Å². The van der Waals surface area contributed by atoms with Crippen LogP contribution in [0.4, 0.5) is 0 Å². The highest BCUT2D eigenvalue weighted by Gasteiger charge is 1.90. The molecule has 0 unspecified atom stereocenters. The monoisotopic (exact) mass is 212 g/mol. The third-order valence-corrected chi connectivity index (χ3v) is 2.20. The van der Waals surface area contributed by atoms with Gasteiger partial charge in [0.25, 0.3) is 0 Å². The lowest BCUT2D eigenvalue weighted by Crippen LogP contribution is -1.69. The largest absolute Gasteiger partial charge is 0.0616 e. The predicted octanol–water partition coefficient (Wildman–Crippen LogP) is 3.60. The molecule has 1 heteroatoms. The molecule has 0 atom stereocenters. The second-order valence-electron chi connectivity index (χ2n) is 2.49. The van der Waals surface area contributed by atoms with Crippen molar-refractivity contribution in [3.05, 3.63) is 46.9 Å². The highest BCUT2D eigenvalue weighted by molar-refractivity contribution is 9.10. The number of rotatable bonds is 0. The van der Waals surface area contributed by atoms with Crippen LogP contribution in [0.5, 0.6) is 0 Å². The van der Waals surface area contributed by atoms with Crippen molar-refractivity contribution in [1.29, 1.82) is 0 Å². The summed E-state index contributed by atoms with van der Waals surface area (Å²) in [6, 6.07) is 14.6. The van der Waals surface area contributed by atoms with E-state index in [1.54, 1.807) is 0 Å². The van der Waals surface area contributed by atoms with Gasteiger partial charge in [-0.15, -0.1) is 0 Å². The first-order valence-corrected chi connectivity index (χ1v) is 4.30. The van der Waals surface area contributed by atoms with Gasteiger partial charge in [-0.1, -0.05) is 46.3 Å². The van der Waals surface area contributed by atoms with Gasteiger partial charge in [-0.2, -0.15) is 0 Å². The van der Waals surface area contributed by atoms with Gasteiger partial charge in [0, 0.05) is 4.47 Å². The second-order valence-corrected chi connectivity index (χ2v) is 3.41. The molecule has 54 valence electrons. The van der Waals surface area contributed by atoms with Crippen molar-refractivity contribution in [2.75, 3.05) is 0 Å². The Kier molecular flexibility index (Phi) is 1.66. The molecule has 0 saturated heterocycles. The van der Waals surface area contributed by atoms with Crippen LogP contribution in [0.2, 0.25) is 0 Å². The summed E-state index contributed by atoms with van der Waals surface area (Å²) < 4.78 is 1.14. The molecule has 0 spiro atoms. The van der Waals surface area contributed by atoms with Crippen molar-refractivity contribution in [3.63, 3.8) is 0 Å². The summed E-state index contributed by atoms with van der Waals surface area (Å²) in [5, 5.41) is 2.57. The Balaban J connectivity index is 2.83. The van der Waals surface area contributed by atoms with Crippen molar-refractivity contribution in [2.24, 2.45) is 0 Å². The number of fused-ring (bicyclic) bond motifs is 1. The summed E-state index contributed by atoms with van der Waals surface area (Å²) in [4.78, 5) is 0. The summed E-state index contributed by atoms with van der Waals surface area (Å²) in [5.74, 6) is 0. The van der Waals surface area contributed by atoms with Crippen LogP contribution in [0.25, 0.3) is 10.8 Å². The zero-order valence-electron chi connectivity index (χ0n) is 5.92. The van der Waals surface area contributed by atoms with E-state index in [1.165, 1.54) is 10.8 Å². The Labute approximate surface area is 74.0 Å². The maximum Gasteiger partial charge on any atom is 0.0181 e. The van der Waals surface area contributed by atoms with E-state index in [4.69, 9.17) is 0 Å². The van der Waals surface area contributed by atoms with Gasteiger partial charge in [0.05, 0.1) is 0 Å². The van der Waals surface area contributed by atoms with Crippen molar-refractivity contribution >= 4 is 26.7 Å². The molecule has 0 radical (unpaired) electrons. The smallest absolute Gasteiger partial charge is 0.0181 e. The van der Waals surface area contributed by atoms with Crippen LogP contribution < -0.4 is 0 Å². The fourth-order valence-electron chi connectivity index (χ4n) is 1.16. The lowest BCUT2D eigenvalue weighted by atomic mass is 10.5. The molecule has 0 bridgehead atoms. The quantitative estimate of drug-likeness (QED) is 0.627. The molecule has 0 amide bonds. The number of benzene rings is 2. The van der Waals surface area contributed by atoms with Gasteiger partial charge in [-0.3, -0.25) is 0 Å². The highest BCUT2D eigenvalue weighted by atomic mass is 79.9. The first-order chi connectivity index (χ1) is 5.36. The highest BCUT2D eigenvalue weighted by Crippen LogP contribution is 2.18. The van der Waals surface area contributed by atoms with Gasteiger partial charge in [0.2, 0.25) is 0 Å². The Morgan fingerprint density at radius 1 is 0.818 bits per heavy atom. The second kappa shape index (κ2) is 2.67. The molecule has 0 aliphatic carbocycles. The third kappa shape index (κ3) is 1.29. The fourth-order valence-corrected chi connectivity index (χ4v) is 1.54. The van der Waals surface area contributed by atoms with E-state index in [0.29, 0.717) is 0 Å². The average molecular weight is 213 g/mol. The van der Waals surface area contributed by atoms with Crippen LogP contribution >= 0.6 is 15.9 Å². The van der Waals surface area contributed by atoms with Crippen LogP contribution in [-0.2, 0) is 0 Å². The van der Waals surface area contributed by atoms with Crippen LogP contribution in [0, 0.1) is 0 Å². The van der Waals surface area contributed by atoms with Crippen molar-refractivity contribution in [1.82, 2.24) is 0 Å². The minimum absolute atomic E-state index is 1.14. The van der Waals surface area contributed by atoms with Crippen LogP contribution in [0.3, 0.4) is 0 Å². The van der Waals surface area contributed by atoms with Crippen LogP contribution in [0.15, 0.2) is 46.9 Å². The van der Waals surface area contributed by atoms with Gasteiger partial charge in [-0.25, -0.2) is 0 Å². The van der Waals surface area contributed by atoms with Crippen molar-refractivity contribution < 1.29 is 0 Å². The molecule has 0 fully saturated rings. The van der Waals surface area contributed by atoms with E-state index < -0.39 is 0 Å². The average Bonchev–Trinajstić information content (AvgIpc) is 2.04. The molecular formula is C10H7Br. The Morgan fingerprint density at radius 2 is 1.55 bits per heavy atom. The third-order valence-electron chi connectivity index (χ3n) is 1.71. The van der Waals surface area contributed by atoms with Gasteiger partial charge in [0.15, 0.2) is 0 Å². The maximum atomic E-state index is 3.43. The Bertz CT molecular complexity index is 379. The van der Waals surface area contributed by atoms with E-state index in [9.17, 15) is 0 Å². The molecule has 11 heavy (non-hydrogen) atoms. The molecular weight excluding hydrogens is 206 g/mol. The first-order valence-electron chi connectivity index (χ1n) is 3.50. The lowest BCUT2D eigenvalue weighted by molar-refractivity contribution is 1.70. The standard InChI is InChI=1S/C10H7Br/c11-10-6-5-8-3-1-2-4-9(8)7-10/h1-7H/i5+1,6+1,7+1,8+1,9+1,10+1. The topological polar surface area (TPSA) is 0 Å². The first kappa shape index (κ1) is 6.86.